The fourth-order valence-corrected chi connectivity index (χ4v) is 4.63. The van der Waals surface area contributed by atoms with Crippen molar-refractivity contribution in [2.45, 2.75) is 11.8 Å². The third-order valence-electron chi connectivity index (χ3n) is 5.37. The molecule has 1 aliphatic heterocycles. The first kappa shape index (κ1) is 23.7. The highest BCUT2D eigenvalue weighted by Crippen LogP contribution is 2.32. The van der Waals surface area contributed by atoms with Gasteiger partial charge in [0.15, 0.2) is 0 Å². The Bertz CT molecular complexity index is 1300. The highest BCUT2D eigenvalue weighted by atomic mass is 35.5. The molecular formula is C21H22ClN7O4S. The van der Waals surface area contributed by atoms with Crippen LogP contribution in [0.2, 0.25) is 5.02 Å². The molecule has 0 radical (unpaired) electrons. The van der Waals surface area contributed by atoms with E-state index >= 15 is 0 Å². The zero-order valence-corrected chi connectivity index (χ0v) is 19.8. The highest BCUT2D eigenvalue weighted by molar-refractivity contribution is 7.89. The summed E-state index contributed by atoms with van der Waals surface area (Å²) in [6.45, 7) is 3.98. The monoisotopic (exact) mass is 503 g/mol. The van der Waals surface area contributed by atoms with E-state index in [9.17, 15) is 18.5 Å². The van der Waals surface area contributed by atoms with Gasteiger partial charge in [0.25, 0.3) is 10.0 Å². The Kier molecular flexibility index (Phi) is 6.82. The largest absolute Gasteiger partial charge is 0.368 e. The molecule has 2 N–H and O–H groups in total. The lowest BCUT2D eigenvalue weighted by atomic mass is 10.2. The van der Waals surface area contributed by atoms with Crippen molar-refractivity contribution < 1.29 is 13.3 Å². The summed E-state index contributed by atoms with van der Waals surface area (Å²) < 4.78 is 25.1. The van der Waals surface area contributed by atoms with Gasteiger partial charge in [-0.1, -0.05) is 35.4 Å². The van der Waals surface area contributed by atoms with Gasteiger partial charge in [-0.15, -0.1) is 4.83 Å². The molecule has 1 fully saturated rings. The van der Waals surface area contributed by atoms with E-state index in [0.29, 0.717) is 31.2 Å². The van der Waals surface area contributed by atoms with Crippen molar-refractivity contribution in [2.24, 2.45) is 0 Å². The maximum atomic E-state index is 12.6. The minimum Gasteiger partial charge on any atom is -0.368 e. The Morgan fingerprint density at radius 2 is 1.71 bits per heavy atom. The first-order valence-electron chi connectivity index (χ1n) is 10.3. The molecule has 1 saturated heterocycles. The van der Waals surface area contributed by atoms with Crippen molar-refractivity contribution in [2.75, 3.05) is 41.4 Å². The Hall–Kier alpha value is -3.48. The number of rotatable bonds is 7. The quantitative estimate of drug-likeness (QED) is 0.368. The highest BCUT2D eigenvalue weighted by Gasteiger charge is 2.30. The summed E-state index contributed by atoms with van der Waals surface area (Å²) in [5.74, 6) is -0.134. The van der Waals surface area contributed by atoms with Gasteiger partial charge in [-0.3, -0.25) is 15.5 Å². The van der Waals surface area contributed by atoms with E-state index in [-0.39, 0.29) is 16.5 Å². The smallest absolute Gasteiger partial charge is 0.354 e. The predicted molar refractivity (Wildman–Crippen MR) is 130 cm³/mol. The molecule has 0 amide bonds. The summed E-state index contributed by atoms with van der Waals surface area (Å²) >= 11 is 6.08. The summed E-state index contributed by atoms with van der Waals surface area (Å²) in [6, 6.07) is 13.7. The Labute approximate surface area is 201 Å². The molecule has 0 aliphatic carbocycles. The Balaban J connectivity index is 1.51. The number of halogens is 1. The maximum Gasteiger partial charge on any atom is 0.354 e. The van der Waals surface area contributed by atoms with Crippen LogP contribution in [0.25, 0.3) is 0 Å². The van der Waals surface area contributed by atoms with Crippen LogP contribution < -0.4 is 20.1 Å². The summed E-state index contributed by atoms with van der Waals surface area (Å²) in [6.07, 6.45) is 1.16. The van der Waals surface area contributed by atoms with Gasteiger partial charge in [0.1, 0.15) is 6.33 Å². The van der Waals surface area contributed by atoms with Crippen LogP contribution in [0.5, 0.6) is 0 Å². The van der Waals surface area contributed by atoms with E-state index in [1.165, 1.54) is 12.1 Å². The predicted octanol–water partition coefficient (Wildman–Crippen LogP) is 2.98. The number of nitro groups is 1. The van der Waals surface area contributed by atoms with Crippen molar-refractivity contribution in [3.05, 3.63) is 75.6 Å². The second-order valence-electron chi connectivity index (χ2n) is 7.65. The number of hydrogen-bond acceptors (Lipinski definition) is 9. The third kappa shape index (κ3) is 5.19. The van der Waals surface area contributed by atoms with Crippen LogP contribution in [0.1, 0.15) is 5.56 Å². The van der Waals surface area contributed by atoms with E-state index in [1.807, 2.05) is 25.1 Å². The van der Waals surface area contributed by atoms with Crippen molar-refractivity contribution in [3.63, 3.8) is 0 Å². The van der Waals surface area contributed by atoms with Crippen LogP contribution in [-0.2, 0) is 10.0 Å². The van der Waals surface area contributed by atoms with Crippen molar-refractivity contribution >= 4 is 44.6 Å². The number of hydrazine groups is 1. The van der Waals surface area contributed by atoms with E-state index < -0.39 is 20.6 Å². The molecular weight excluding hydrogens is 482 g/mol. The standard InChI is InChI=1S/C21H22ClN7O4S/c1-15-5-7-18(8-6-15)34(32,33)26-25-20-19(29(30)31)21(24-14-23-20)28-11-9-27(10-12-28)17-4-2-3-16(22)13-17/h2-8,13-14,26H,9-12H2,1H3,(H,23,24,25). The summed E-state index contributed by atoms with van der Waals surface area (Å²) in [7, 11) is -3.97. The van der Waals surface area contributed by atoms with Gasteiger partial charge in [-0.05, 0) is 37.3 Å². The number of aryl methyl sites for hydroxylation is 1. The van der Waals surface area contributed by atoms with E-state index in [4.69, 9.17) is 11.6 Å². The Morgan fingerprint density at radius 3 is 2.35 bits per heavy atom. The number of hydrogen-bond donors (Lipinski definition) is 2. The second-order valence-corrected chi connectivity index (χ2v) is 9.77. The maximum absolute atomic E-state index is 12.6. The molecule has 2 heterocycles. The lowest BCUT2D eigenvalue weighted by Crippen LogP contribution is -2.47. The molecule has 0 atom stereocenters. The molecule has 11 nitrogen and oxygen atoms in total. The van der Waals surface area contributed by atoms with Crippen LogP contribution in [0, 0.1) is 17.0 Å². The number of nitrogens with zero attached hydrogens (tertiary/aromatic N) is 5. The van der Waals surface area contributed by atoms with Crippen molar-refractivity contribution in [3.8, 4) is 0 Å². The van der Waals surface area contributed by atoms with Crippen molar-refractivity contribution in [1.29, 1.82) is 0 Å². The Morgan fingerprint density at radius 1 is 1.03 bits per heavy atom. The second kappa shape index (κ2) is 9.79. The van der Waals surface area contributed by atoms with E-state index in [0.717, 1.165) is 17.6 Å². The summed E-state index contributed by atoms with van der Waals surface area (Å²) in [5, 5.41) is 12.5. The van der Waals surface area contributed by atoms with Gasteiger partial charge in [-0.2, -0.15) is 0 Å². The molecule has 0 bridgehead atoms. The molecule has 0 spiro atoms. The molecule has 0 saturated carbocycles. The van der Waals surface area contributed by atoms with Crippen LogP contribution in [-0.4, -0.2) is 49.5 Å². The number of piperazine rings is 1. The van der Waals surface area contributed by atoms with Gasteiger partial charge >= 0.3 is 5.69 Å². The minimum atomic E-state index is -3.97. The lowest BCUT2D eigenvalue weighted by Gasteiger charge is -2.36. The molecule has 178 valence electrons. The van der Waals surface area contributed by atoms with Gasteiger partial charge in [0.05, 0.1) is 9.82 Å². The fourth-order valence-electron chi connectivity index (χ4n) is 3.60. The number of sulfonamides is 1. The van der Waals surface area contributed by atoms with Crippen molar-refractivity contribution in [1.82, 2.24) is 14.8 Å². The van der Waals surface area contributed by atoms with E-state index in [1.54, 1.807) is 23.1 Å². The van der Waals surface area contributed by atoms with Crippen LogP contribution in [0.4, 0.5) is 23.0 Å². The molecule has 1 aromatic heterocycles. The topological polar surface area (TPSA) is 134 Å². The van der Waals surface area contributed by atoms with Crippen LogP contribution in [0.15, 0.2) is 59.8 Å². The zero-order valence-electron chi connectivity index (χ0n) is 18.2. The first-order chi connectivity index (χ1) is 16.2. The summed E-state index contributed by atoms with van der Waals surface area (Å²) in [4.78, 5) is 25.4. The average Bonchev–Trinajstić information content (AvgIpc) is 2.83. The number of anilines is 3. The third-order valence-corrected chi connectivity index (χ3v) is 6.87. The zero-order chi connectivity index (χ0) is 24.3. The molecule has 3 aromatic rings. The number of benzene rings is 2. The summed E-state index contributed by atoms with van der Waals surface area (Å²) in [5.41, 5.74) is 3.85. The van der Waals surface area contributed by atoms with Gasteiger partial charge in [0, 0.05) is 36.9 Å². The molecule has 0 unspecified atom stereocenters. The van der Waals surface area contributed by atoms with Gasteiger partial charge in [-0.25, -0.2) is 18.4 Å². The molecule has 4 rings (SSSR count). The van der Waals surface area contributed by atoms with Crippen LogP contribution in [0.3, 0.4) is 0 Å². The molecule has 2 aromatic carbocycles. The number of aromatic nitrogens is 2. The molecule has 1 aliphatic rings. The average molecular weight is 504 g/mol. The molecule has 34 heavy (non-hydrogen) atoms. The van der Waals surface area contributed by atoms with Crippen LogP contribution >= 0.6 is 11.6 Å². The minimum absolute atomic E-state index is 0.0136. The SMILES string of the molecule is Cc1ccc(S(=O)(=O)NNc2ncnc(N3CCN(c4cccc(Cl)c4)CC3)c2[N+](=O)[O-])cc1. The molecule has 13 heteroatoms. The number of nitrogens with one attached hydrogen (secondary N) is 2. The van der Waals surface area contributed by atoms with Gasteiger partial charge in [0.2, 0.25) is 11.6 Å². The lowest BCUT2D eigenvalue weighted by molar-refractivity contribution is -0.383. The fraction of sp³-hybridized carbons (Fsp3) is 0.238. The normalized spacial score (nSPS) is 14.2. The first-order valence-corrected chi connectivity index (χ1v) is 12.2. The van der Waals surface area contributed by atoms with Gasteiger partial charge < -0.3 is 9.80 Å². The van der Waals surface area contributed by atoms with E-state index in [2.05, 4.69) is 25.1 Å².